The summed E-state index contributed by atoms with van der Waals surface area (Å²) < 4.78 is 0. The monoisotopic (exact) mass is 338 g/mol. The summed E-state index contributed by atoms with van der Waals surface area (Å²) in [6.07, 6.45) is 0.629. The van der Waals surface area contributed by atoms with Crippen LogP contribution in [0.1, 0.15) is 34.5 Å². The van der Waals surface area contributed by atoms with Crippen molar-refractivity contribution in [3.63, 3.8) is 0 Å². The molecule has 2 N–H and O–H groups in total. The molecular weight excluding hydrogens is 316 g/mol. The van der Waals surface area contributed by atoms with Crippen molar-refractivity contribution in [1.29, 1.82) is 0 Å². The molecule has 0 bridgehead atoms. The maximum absolute atomic E-state index is 12.7. The third-order valence-electron chi connectivity index (χ3n) is 4.26. The van der Waals surface area contributed by atoms with Gasteiger partial charge >= 0.3 is 0 Å². The Kier molecular flexibility index (Phi) is 4.70. The van der Waals surface area contributed by atoms with Gasteiger partial charge in [0.25, 0.3) is 5.91 Å². The molecule has 0 fully saturated rings. The summed E-state index contributed by atoms with van der Waals surface area (Å²) in [7, 11) is 0. The maximum atomic E-state index is 12.7. The largest absolute Gasteiger partial charge is 0.354 e. The van der Waals surface area contributed by atoms with Gasteiger partial charge in [-0.25, -0.2) is 4.98 Å². The first kappa shape index (κ1) is 17.0. The molecule has 2 aromatic heterocycles. The lowest BCUT2D eigenvalue weighted by molar-refractivity contribution is 0.0759. The number of carbonyl (C=O) groups is 1. The van der Waals surface area contributed by atoms with Crippen LogP contribution in [-0.2, 0) is 6.42 Å². The minimum atomic E-state index is -0.171. The lowest BCUT2D eigenvalue weighted by atomic mass is 10.2. The second-order valence-electron chi connectivity index (χ2n) is 6.20. The van der Waals surface area contributed by atoms with E-state index in [1.54, 1.807) is 11.8 Å². The van der Waals surface area contributed by atoms with E-state index in [0.29, 0.717) is 30.9 Å². The van der Waals surface area contributed by atoms with Gasteiger partial charge in [-0.05, 0) is 32.4 Å². The highest BCUT2D eigenvalue weighted by molar-refractivity contribution is 5.92. The summed E-state index contributed by atoms with van der Waals surface area (Å²) in [6, 6.07) is 8.85. The Morgan fingerprint density at radius 3 is 2.68 bits per heavy atom. The van der Waals surface area contributed by atoms with Crippen LogP contribution >= 0.6 is 0 Å². The first-order chi connectivity index (χ1) is 12.0. The Labute approximate surface area is 145 Å². The van der Waals surface area contributed by atoms with E-state index in [-0.39, 0.29) is 11.3 Å². The van der Waals surface area contributed by atoms with Crippen LogP contribution in [-0.4, -0.2) is 38.8 Å². The molecule has 25 heavy (non-hydrogen) atoms. The highest BCUT2D eigenvalue weighted by Gasteiger charge is 2.16. The van der Waals surface area contributed by atoms with E-state index in [9.17, 15) is 9.59 Å². The number of aromatic nitrogens is 3. The van der Waals surface area contributed by atoms with Crippen LogP contribution in [0.3, 0.4) is 0 Å². The van der Waals surface area contributed by atoms with E-state index >= 15 is 0 Å². The van der Waals surface area contributed by atoms with E-state index in [1.807, 2.05) is 32.0 Å². The Balaban J connectivity index is 1.76. The zero-order chi connectivity index (χ0) is 18.0. The molecule has 2 heterocycles. The molecule has 0 saturated carbocycles. The molecule has 0 radical (unpaired) electrons. The molecule has 6 heteroatoms. The predicted molar refractivity (Wildman–Crippen MR) is 97.9 cm³/mol. The number of H-pyrrole nitrogens is 2. The number of nitrogens with zero attached hydrogens (tertiary/aromatic N) is 2. The van der Waals surface area contributed by atoms with Crippen LogP contribution in [0.2, 0.25) is 0 Å². The molecule has 1 aromatic carbocycles. The Bertz CT molecular complexity index is 971. The number of benzene rings is 1. The first-order valence-electron chi connectivity index (χ1n) is 8.42. The molecule has 0 aliphatic carbocycles. The highest BCUT2D eigenvalue weighted by Crippen LogP contribution is 2.16. The van der Waals surface area contributed by atoms with Crippen molar-refractivity contribution in [2.24, 2.45) is 0 Å². The van der Waals surface area contributed by atoms with Crippen molar-refractivity contribution in [2.75, 3.05) is 13.1 Å². The zero-order valence-corrected chi connectivity index (χ0v) is 14.7. The van der Waals surface area contributed by atoms with Crippen LogP contribution in [0.4, 0.5) is 0 Å². The van der Waals surface area contributed by atoms with Gasteiger partial charge in [0.1, 0.15) is 11.5 Å². The average Bonchev–Trinajstić information content (AvgIpc) is 2.99. The van der Waals surface area contributed by atoms with Crippen molar-refractivity contribution in [2.45, 2.75) is 27.2 Å². The van der Waals surface area contributed by atoms with E-state index in [2.05, 4.69) is 15.0 Å². The van der Waals surface area contributed by atoms with Crippen molar-refractivity contribution < 1.29 is 4.79 Å². The van der Waals surface area contributed by atoms with Gasteiger partial charge in [0.15, 0.2) is 5.43 Å². The number of rotatable bonds is 5. The second kappa shape index (κ2) is 6.93. The lowest BCUT2D eigenvalue weighted by Gasteiger charge is -2.20. The smallest absolute Gasteiger partial charge is 0.270 e. The molecule has 6 nitrogen and oxygen atoms in total. The summed E-state index contributed by atoms with van der Waals surface area (Å²) in [5.74, 6) is 0.684. The number of hydrogen-bond acceptors (Lipinski definition) is 3. The number of imidazole rings is 1. The van der Waals surface area contributed by atoms with Gasteiger partial charge in [0.2, 0.25) is 0 Å². The Hall–Kier alpha value is -2.89. The fraction of sp³-hybridized carbons (Fsp3) is 0.316. The SMILES string of the molecule is CCN(CCc1nc2c(C)cccc2[nH]1)C(=O)c1cc(=O)cc(C)[nH]1. The molecule has 0 saturated heterocycles. The molecule has 130 valence electrons. The average molecular weight is 338 g/mol. The number of fused-ring (bicyclic) bond motifs is 1. The number of hydrogen-bond donors (Lipinski definition) is 2. The van der Waals surface area contributed by atoms with Crippen molar-refractivity contribution in [1.82, 2.24) is 19.9 Å². The van der Waals surface area contributed by atoms with Crippen LogP contribution in [0, 0.1) is 13.8 Å². The summed E-state index contributed by atoms with van der Waals surface area (Å²) in [5.41, 5.74) is 3.94. The van der Waals surface area contributed by atoms with Crippen LogP contribution in [0.15, 0.2) is 35.1 Å². The standard InChI is InChI=1S/C19H22N4O2/c1-4-23(19(25)16-11-14(24)10-13(3)20-16)9-8-17-21-15-7-5-6-12(2)18(15)22-17/h5-7,10-11H,4,8-9H2,1-3H3,(H,20,24)(H,21,22). The molecule has 1 amide bonds. The molecule has 0 spiro atoms. The number of aryl methyl sites for hydroxylation is 2. The summed E-state index contributed by atoms with van der Waals surface area (Å²) >= 11 is 0. The maximum Gasteiger partial charge on any atom is 0.270 e. The van der Waals surface area contributed by atoms with Gasteiger partial charge < -0.3 is 14.9 Å². The summed E-state index contributed by atoms with van der Waals surface area (Å²) in [5, 5.41) is 0. The Morgan fingerprint density at radius 2 is 2.00 bits per heavy atom. The van der Waals surface area contributed by atoms with Crippen molar-refractivity contribution in [3.05, 3.63) is 63.3 Å². The second-order valence-corrected chi connectivity index (χ2v) is 6.20. The molecule has 3 aromatic rings. The van der Waals surface area contributed by atoms with Crippen LogP contribution in [0.25, 0.3) is 11.0 Å². The minimum Gasteiger partial charge on any atom is -0.354 e. The molecule has 0 aliphatic rings. The Morgan fingerprint density at radius 1 is 1.20 bits per heavy atom. The molecule has 0 aliphatic heterocycles. The fourth-order valence-corrected chi connectivity index (χ4v) is 2.96. The number of para-hydroxylation sites is 1. The van der Waals surface area contributed by atoms with Crippen LogP contribution < -0.4 is 5.43 Å². The number of carbonyl (C=O) groups excluding carboxylic acids is 1. The van der Waals surface area contributed by atoms with E-state index in [4.69, 9.17) is 0 Å². The molecule has 0 atom stereocenters. The van der Waals surface area contributed by atoms with E-state index in [0.717, 1.165) is 22.4 Å². The zero-order valence-electron chi connectivity index (χ0n) is 14.7. The molecule has 3 rings (SSSR count). The van der Waals surface area contributed by atoms with Gasteiger partial charge in [-0.3, -0.25) is 9.59 Å². The molecule has 0 unspecified atom stereocenters. The van der Waals surface area contributed by atoms with Gasteiger partial charge in [-0.1, -0.05) is 12.1 Å². The number of likely N-dealkylation sites (N-methyl/N-ethyl adjacent to an activating group) is 1. The third-order valence-corrected chi connectivity index (χ3v) is 4.26. The number of pyridine rings is 1. The van der Waals surface area contributed by atoms with E-state index < -0.39 is 0 Å². The minimum absolute atomic E-state index is 0.164. The quantitative estimate of drug-likeness (QED) is 0.750. The van der Waals surface area contributed by atoms with E-state index in [1.165, 1.54) is 12.1 Å². The van der Waals surface area contributed by atoms with Crippen LogP contribution in [0.5, 0.6) is 0 Å². The highest BCUT2D eigenvalue weighted by atomic mass is 16.2. The lowest BCUT2D eigenvalue weighted by Crippen LogP contribution is -2.34. The number of nitrogens with one attached hydrogen (secondary N) is 2. The van der Waals surface area contributed by atoms with Gasteiger partial charge in [-0.15, -0.1) is 0 Å². The fourth-order valence-electron chi connectivity index (χ4n) is 2.96. The molecular formula is C19H22N4O2. The normalized spacial score (nSPS) is 11.0. The third kappa shape index (κ3) is 3.63. The van der Waals surface area contributed by atoms with Crippen molar-refractivity contribution >= 4 is 16.9 Å². The van der Waals surface area contributed by atoms with Gasteiger partial charge in [0, 0.05) is 37.3 Å². The van der Waals surface area contributed by atoms with Crippen molar-refractivity contribution in [3.8, 4) is 0 Å². The van der Waals surface area contributed by atoms with Gasteiger partial charge in [-0.2, -0.15) is 0 Å². The summed E-state index contributed by atoms with van der Waals surface area (Å²) in [4.78, 5) is 36.9. The number of aromatic amines is 2. The number of amides is 1. The first-order valence-corrected chi connectivity index (χ1v) is 8.42. The topological polar surface area (TPSA) is 81.8 Å². The summed E-state index contributed by atoms with van der Waals surface area (Å²) in [6.45, 7) is 6.82. The van der Waals surface area contributed by atoms with Gasteiger partial charge in [0.05, 0.1) is 11.0 Å². The predicted octanol–water partition coefficient (Wildman–Crippen LogP) is 2.57.